The van der Waals surface area contributed by atoms with Crippen molar-refractivity contribution in [3.63, 3.8) is 0 Å². The highest BCUT2D eigenvalue weighted by Crippen LogP contribution is 2.40. The molecule has 4 rings (SSSR count). The van der Waals surface area contributed by atoms with Crippen LogP contribution in [0.4, 0.5) is 5.69 Å². The van der Waals surface area contributed by atoms with E-state index in [4.69, 9.17) is 4.98 Å². The van der Waals surface area contributed by atoms with Gasteiger partial charge in [-0.05, 0) is 61.7 Å². The summed E-state index contributed by atoms with van der Waals surface area (Å²) in [5.74, 6) is 1.67. The van der Waals surface area contributed by atoms with Gasteiger partial charge in [0.1, 0.15) is 5.82 Å². The number of aromatic nitrogens is 2. The van der Waals surface area contributed by atoms with E-state index in [1.165, 1.54) is 19.8 Å². The van der Waals surface area contributed by atoms with Crippen LogP contribution in [0.15, 0.2) is 42.5 Å². The van der Waals surface area contributed by atoms with Crippen molar-refractivity contribution < 1.29 is 9.59 Å². The maximum atomic E-state index is 12.3. The number of aryl methyl sites for hydroxylation is 1. The zero-order valence-electron chi connectivity index (χ0n) is 15.0. The van der Waals surface area contributed by atoms with Crippen molar-refractivity contribution in [2.24, 2.45) is 7.05 Å². The highest BCUT2D eigenvalue weighted by Gasteiger charge is 2.28. The molecule has 0 unspecified atom stereocenters. The molecule has 2 aromatic carbocycles. The van der Waals surface area contributed by atoms with E-state index in [-0.39, 0.29) is 11.7 Å². The number of nitrogens with one attached hydrogen (secondary N) is 1. The number of ketones is 1. The van der Waals surface area contributed by atoms with Gasteiger partial charge >= 0.3 is 0 Å². The lowest BCUT2D eigenvalue weighted by atomic mass is 10.1. The van der Waals surface area contributed by atoms with Crippen LogP contribution in [-0.2, 0) is 18.3 Å². The largest absolute Gasteiger partial charge is 0.331 e. The van der Waals surface area contributed by atoms with E-state index in [1.54, 1.807) is 24.3 Å². The van der Waals surface area contributed by atoms with Crippen molar-refractivity contribution in [1.82, 2.24) is 9.55 Å². The topological polar surface area (TPSA) is 64.0 Å². The van der Waals surface area contributed by atoms with Crippen LogP contribution >= 0.6 is 0 Å². The molecule has 0 radical (unpaired) electrons. The first-order valence-electron chi connectivity index (χ1n) is 8.87. The van der Waals surface area contributed by atoms with Gasteiger partial charge in [-0.1, -0.05) is 6.07 Å². The second kappa shape index (κ2) is 6.41. The van der Waals surface area contributed by atoms with Gasteiger partial charge in [-0.15, -0.1) is 0 Å². The van der Waals surface area contributed by atoms with E-state index in [9.17, 15) is 9.59 Å². The van der Waals surface area contributed by atoms with Crippen molar-refractivity contribution in [3.05, 3.63) is 59.4 Å². The zero-order chi connectivity index (χ0) is 18.3. The van der Waals surface area contributed by atoms with Gasteiger partial charge in [0.05, 0.1) is 17.5 Å². The maximum absolute atomic E-state index is 12.3. The number of imidazole rings is 1. The van der Waals surface area contributed by atoms with E-state index in [0.29, 0.717) is 23.6 Å². The van der Waals surface area contributed by atoms with Crippen molar-refractivity contribution in [1.29, 1.82) is 0 Å². The number of carbonyl (C=O) groups is 2. The van der Waals surface area contributed by atoms with Gasteiger partial charge in [0.15, 0.2) is 5.78 Å². The molecule has 3 aromatic rings. The van der Waals surface area contributed by atoms with Crippen molar-refractivity contribution >= 4 is 28.4 Å². The van der Waals surface area contributed by atoms with Gasteiger partial charge < -0.3 is 9.88 Å². The number of hydrogen-bond donors (Lipinski definition) is 1. The molecular weight excluding hydrogens is 326 g/mol. The smallest absolute Gasteiger partial charge is 0.228 e. The molecule has 1 aliphatic rings. The van der Waals surface area contributed by atoms with Crippen LogP contribution in [0.3, 0.4) is 0 Å². The molecular formula is C21H21N3O2. The predicted molar refractivity (Wildman–Crippen MR) is 101 cm³/mol. The average Bonchev–Trinajstić information content (AvgIpc) is 3.40. The van der Waals surface area contributed by atoms with E-state index in [1.807, 2.05) is 18.2 Å². The minimum absolute atomic E-state index is 0.0112. The van der Waals surface area contributed by atoms with E-state index in [0.717, 1.165) is 22.4 Å². The number of anilines is 1. The molecule has 1 fully saturated rings. The van der Waals surface area contributed by atoms with Gasteiger partial charge in [-0.25, -0.2) is 4.98 Å². The molecule has 132 valence electrons. The van der Waals surface area contributed by atoms with Gasteiger partial charge in [0.2, 0.25) is 5.91 Å². The second-order valence-electron chi connectivity index (χ2n) is 6.98. The van der Waals surface area contributed by atoms with Crippen molar-refractivity contribution in [2.75, 3.05) is 5.32 Å². The number of rotatable bonds is 5. The van der Waals surface area contributed by atoms with E-state index < -0.39 is 0 Å². The summed E-state index contributed by atoms with van der Waals surface area (Å²) in [6.07, 6.45) is 2.73. The van der Waals surface area contributed by atoms with Crippen LogP contribution < -0.4 is 5.32 Å². The van der Waals surface area contributed by atoms with Crippen LogP contribution in [0.1, 0.15) is 47.4 Å². The first-order chi connectivity index (χ1) is 12.5. The maximum Gasteiger partial charge on any atom is 0.228 e. The molecule has 5 nitrogen and oxygen atoms in total. The Kier molecular flexibility index (Phi) is 4.07. The van der Waals surface area contributed by atoms with Gasteiger partial charge in [0.25, 0.3) is 0 Å². The molecule has 5 heteroatoms. The molecule has 1 amide bonds. The Balaban J connectivity index is 1.47. The van der Waals surface area contributed by atoms with Crippen LogP contribution in [0.2, 0.25) is 0 Å². The molecule has 0 aliphatic heterocycles. The zero-order valence-corrected chi connectivity index (χ0v) is 15.0. The van der Waals surface area contributed by atoms with Gasteiger partial charge in [0, 0.05) is 24.2 Å². The number of nitrogens with zero attached hydrogens (tertiary/aromatic N) is 2. The quantitative estimate of drug-likeness (QED) is 0.713. The fourth-order valence-electron chi connectivity index (χ4n) is 3.26. The summed E-state index contributed by atoms with van der Waals surface area (Å²) in [5.41, 5.74) is 4.32. The summed E-state index contributed by atoms with van der Waals surface area (Å²) in [6.45, 7) is 1.52. The number of benzene rings is 2. The fraction of sp³-hybridized carbons (Fsp3) is 0.286. The molecule has 1 aromatic heterocycles. The lowest BCUT2D eigenvalue weighted by Gasteiger charge is -2.06. The number of Topliss-reactive ketones (excluding diaryl/α,β-unsaturated/α-hetero) is 1. The number of hydrogen-bond acceptors (Lipinski definition) is 3. The van der Waals surface area contributed by atoms with E-state index in [2.05, 4.69) is 16.9 Å². The summed E-state index contributed by atoms with van der Waals surface area (Å²) in [5, 5.41) is 2.87. The summed E-state index contributed by atoms with van der Waals surface area (Å²) in [7, 11) is 2.06. The van der Waals surface area contributed by atoms with Gasteiger partial charge in [-0.3, -0.25) is 9.59 Å². The Labute approximate surface area is 152 Å². The Morgan fingerprint density at radius 3 is 2.54 bits per heavy atom. The fourth-order valence-corrected chi connectivity index (χ4v) is 3.26. The van der Waals surface area contributed by atoms with Crippen LogP contribution in [0.5, 0.6) is 0 Å². The third kappa shape index (κ3) is 3.25. The average molecular weight is 347 g/mol. The Morgan fingerprint density at radius 2 is 1.88 bits per heavy atom. The lowest BCUT2D eigenvalue weighted by molar-refractivity contribution is -0.115. The minimum Gasteiger partial charge on any atom is -0.331 e. The molecule has 0 bridgehead atoms. The normalized spacial score (nSPS) is 13.8. The highest BCUT2D eigenvalue weighted by molar-refractivity contribution is 5.96. The Bertz CT molecular complexity index is 998. The van der Waals surface area contributed by atoms with Gasteiger partial charge in [-0.2, -0.15) is 0 Å². The molecule has 0 saturated heterocycles. The predicted octanol–water partition coefficient (Wildman–Crippen LogP) is 3.83. The molecule has 1 N–H and O–H groups in total. The van der Waals surface area contributed by atoms with Crippen molar-refractivity contribution in [3.8, 4) is 0 Å². The van der Waals surface area contributed by atoms with E-state index >= 15 is 0 Å². The summed E-state index contributed by atoms with van der Waals surface area (Å²) < 4.78 is 2.16. The third-order valence-corrected chi connectivity index (χ3v) is 4.86. The summed E-state index contributed by atoms with van der Waals surface area (Å²) >= 11 is 0. The molecule has 26 heavy (non-hydrogen) atoms. The minimum atomic E-state index is -0.0849. The molecule has 1 saturated carbocycles. The van der Waals surface area contributed by atoms with Crippen LogP contribution in [-0.4, -0.2) is 21.2 Å². The number of fused-ring (bicyclic) bond motifs is 1. The lowest BCUT2D eigenvalue weighted by Crippen LogP contribution is -2.14. The van der Waals surface area contributed by atoms with Crippen LogP contribution in [0, 0.1) is 0 Å². The second-order valence-corrected chi connectivity index (χ2v) is 6.98. The molecule has 1 aliphatic carbocycles. The Hall–Kier alpha value is -2.95. The number of amides is 1. The van der Waals surface area contributed by atoms with Crippen molar-refractivity contribution in [2.45, 2.75) is 32.1 Å². The first kappa shape index (κ1) is 16.5. The Morgan fingerprint density at radius 1 is 1.15 bits per heavy atom. The number of carbonyl (C=O) groups excluding carboxylic acids is 2. The molecule has 0 atom stereocenters. The highest BCUT2D eigenvalue weighted by atomic mass is 16.1. The SMILES string of the molecule is CC(=O)c1ccc(NC(=O)Cc2ccc3c(c2)nc(C2CC2)n3C)cc1. The van der Waals surface area contributed by atoms with Crippen LogP contribution in [0.25, 0.3) is 11.0 Å². The monoisotopic (exact) mass is 347 g/mol. The first-order valence-corrected chi connectivity index (χ1v) is 8.87. The third-order valence-electron chi connectivity index (χ3n) is 4.86. The standard InChI is InChI=1S/C21H21N3O2/c1-13(25)15-6-8-17(9-7-15)22-20(26)12-14-3-10-19-18(11-14)23-21(24(19)2)16-4-5-16/h3,6-11,16H,4-5,12H2,1-2H3,(H,22,26). The molecule has 1 heterocycles. The molecule has 0 spiro atoms. The summed E-state index contributed by atoms with van der Waals surface area (Å²) in [6, 6.07) is 13.0. The summed E-state index contributed by atoms with van der Waals surface area (Å²) in [4.78, 5) is 28.4.